The summed E-state index contributed by atoms with van der Waals surface area (Å²) in [6.07, 6.45) is 1.80. The van der Waals surface area contributed by atoms with Crippen LogP contribution in [0.3, 0.4) is 0 Å². The molecule has 0 radical (unpaired) electrons. The Morgan fingerprint density at radius 3 is 3.00 bits per heavy atom. The lowest BCUT2D eigenvalue weighted by Gasteiger charge is -2.42. The summed E-state index contributed by atoms with van der Waals surface area (Å²) in [5.74, 6) is -0.0327. The van der Waals surface area contributed by atoms with Gasteiger partial charge in [0.1, 0.15) is 11.6 Å². The summed E-state index contributed by atoms with van der Waals surface area (Å²) in [4.78, 5) is 19.7. The largest absolute Gasteiger partial charge is 0.369 e. The highest BCUT2D eigenvalue weighted by atomic mass is 32.1. The standard InChI is InChI=1S/C15H25N3O3S/c1-15(2)11-18(8-13-16-5-6-22-13)7-12(21-15)9-20-10-14(19)17(3)4/h5-6,12H,7-11H2,1-4H3. The average molecular weight is 327 g/mol. The molecule has 1 saturated heterocycles. The van der Waals surface area contributed by atoms with Gasteiger partial charge < -0.3 is 14.4 Å². The number of thiazole rings is 1. The van der Waals surface area contributed by atoms with E-state index in [9.17, 15) is 4.79 Å². The molecule has 7 heteroatoms. The molecule has 1 aliphatic heterocycles. The first-order valence-electron chi connectivity index (χ1n) is 7.42. The number of hydrogen-bond donors (Lipinski definition) is 0. The Morgan fingerprint density at radius 2 is 2.36 bits per heavy atom. The Labute approximate surface area is 136 Å². The van der Waals surface area contributed by atoms with Crippen LogP contribution >= 0.6 is 11.3 Å². The molecular formula is C15H25N3O3S. The monoisotopic (exact) mass is 327 g/mol. The third-order valence-electron chi connectivity index (χ3n) is 3.42. The summed E-state index contributed by atoms with van der Waals surface area (Å²) in [6.45, 7) is 7.17. The summed E-state index contributed by atoms with van der Waals surface area (Å²) in [5, 5.41) is 3.11. The van der Waals surface area contributed by atoms with Crippen molar-refractivity contribution in [1.82, 2.24) is 14.8 Å². The van der Waals surface area contributed by atoms with E-state index in [4.69, 9.17) is 9.47 Å². The minimum Gasteiger partial charge on any atom is -0.369 e. The van der Waals surface area contributed by atoms with Gasteiger partial charge in [-0.3, -0.25) is 9.69 Å². The van der Waals surface area contributed by atoms with Crippen molar-refractivity contribution in [2.75, 3.05) is 40.4 Å². The molecule has 2 rings (SSSR count). The van der Waals surface area contributed by atoms with E-state index in [0.717, 1.165) is 24.6 Å². The fourth-order valence-corrected chi connectivity index (χ4v) is 3.21. The van der Waals surface area contributed by atoms with Crippen LogP contribution in [0.4, 0.5) is 0 Å². The third-order valence-corrected chi connectivity index (χ3v) is 4.19. The van der Waals surface area contributed by atoms with Crippen molar-refractivity contribution in [3.05, 3.63) is 16.6 Å². The molecule has 0 saturated carbocycles. The quantitative estimate of drug-likeness (QED) is 0.786. The summed E-state index contributed by atoms with van der Waals surface area (Å²) in [7, 11) is 3.45. The molecule has 6 nitrogen and oxygen atoms in total. The Bertz CT molecular complexity index is 476. The van der Waals surface area contributed by atoms with Crippen LogP contribution in [0.25, 0.3) is 0 Å². The van der Waals surface area contributed by atoms with Gasteiger partial charge in [-0.1, -0.05) is 0 Å². The number of hydrogen-bond acceptors (Lipinski definition) is 6. The van der Waals surface area contributed by atoms with Crippen LogP contribution in [0.1, 0.15) is 18.9 Å². The maximum Gasteiger partial charge on any atom is 0.248 e. The van der Waals surface area contributed by atoms with Gasteiger partial charge in [0.15, 0.2) is 0 Å². The zero-order valence-corrected chi connectivity index (χ0v) is 14.6. The SMILES string of the molecule is CN(C)C(=O)COCC1CN(Cc2nccs2)CC(C)(C)O1. The van der Waals surface area contributed by atoms with Gasteiger partial charge in [0.25, 0.3) is 0 Å². The normalized spacial score (nSPS) is 21.7. The van der Waals surface area contributed by atoms with Crippen LogP contribution in [-0.2, 0) is 20.8 Å². The Morgan fingerprint density at radius 1 is 1.59 bits per heavy atom. The highest BCUT2D eigenvalue weighted by Gasteiger charge is 2.33. The first-order valence-corrected chi connectivity index (χ1v) is 8.30. The molecule has 1 aliphatic rings. The lowest BCUT2D eigenvalue weighted by Crippen LogP contribution is -2.53. The Kier molecular flexibility index (Phi) is 5.91. The summed E-state index contributed by atoms with van der Waals surface area (Å²) < 4.78 is 11.6. The van der Waals surface area contributed by atoms with Crippen LogP contribution in [-0.4, -0.2) is 72.8 Å². The van der Waals surface area contributed by atoms with Gasteiger partial charge in [-0.05, 0) is 13.8 Å². The van der Waals surface area contributed by atoms with E-state index >= 15 is 0 Å². The molecule has 0 aliphatic carbocycles. The second kappa shape index (κ2) is 7.50. The van der Waals surface area contributed by atoms with Gasteiger partial charge in [-0.2, -0.15) is 0 Å². The van der Waals surface area contributed by atoms with Crippen molar-refractivity contribution in [2.24, 2.45) is 0 Å². The molecule has 1 aromatic rings. The minimum absolute atomic E-state index is 0.0290. The number of nitrogens with zero attached hydrogens (tertiary/aromatic N) is 3. The van der Waals surface area contributed by atoms with Crippen LogP contribution in [0, 0.1) is 0 Å². The summed E-state index contributed by atoms with van der Waals surface area (Å²) >= 11 is 1.67. The molecule has 124 valence electrons. The van der Waals surface area contributed by atoms with Gasteiger partial charge in [0, 0.05) is 38.8 Å². The molecule has 0 spiro atoms. The number of ether oxygens (including phenoxy) is 2. The smallest absolute Gasteiger partial charge is 0.248 e. The summed E-state index contributed by atoms with van der Waals surface area (Å²) in [5.41, 5.74) is -0.227. The lowest BCUT2D eigenvalue weighted by atomic mass is 10.1. The number of likely N-dealkylation sites (N-methyl/N-ethyl adjacent to an activating group) is 1. The number of rotatable bonds is 6. The number of carbonyl (C=O) groups is 1. The van der Waals surface area contributed by atoms with Crippen LogP contribution < -0.4 is 0 Å². The molecule has 1 unspecified atom stereocenters. The zero-order chi connectivity index (χ0) is 16.2. The van der Waals surface area contributed by atoms with E-state index in [2.05, 4.69) is 23.7 Å². The molecule has 1 fully saturated rings. The summed E-state index contributed by atoms with van der Waals surface area (Å²) in [6, 6.07) is 0. The second-order valence-electron chi connectivity index (χ2n) is 6.40. The topological polar surface area (TPSA) is 54.9 Å². The minimum atomic E-state index is -0.227. The van der Waals surface area contributed by atoms with Gasteiger partial charge in [-0.15, -0.1) is 11.3 Å². The molecule has 22 heavy (non-hydrogen) atoms. The highest BCUT2D eigenvalue weighted by Crippen LogP contribution is 2.23. The third kappa shape index (κ3) is 5.31. The van der Waals surface area contributed by atoms with Crippen molar-refractivity contribution in [3.8, 4) is 0 Å². The predicted molar refractivity (Wildman–Crippen MR) is 85.9 cm³/mol. The molecule has 1 aromatic heterocycles. The average Bonchev–Trinajstić information content (AvgIpc) is 2.89. The zero-order valence-electron chi connectivity index (χ0n) is 13.7. The van der Waals surface area contributed by atoms with Gasteiger partial charge in [0.05, 0.1) is 24.9 Å². The van der Waals surface area contributed by atoms with E-state index < -0.39 is 0 Å². The van der Waals surface area contributed by atoms with Crippen LogP contribution in [0.2, 0.25) is 0 Å². The first-order chi connectivity index (χ1) is 10.4. The van der Waals surface area contributed by atoms with Crippen molar-refractivity contribution >= 4 is 17.2 Å². The number of morpholine rings is 1. The van der Waals surface area contributed by atoms with E-state index in [1.165, 1.54) is 4.90 Å². The predicted octanol–water partition coefficient (Wildman–Crippen LogP) is 1.23. The first kappa shape index (κ1) is 17.3. The van der Waals surface area contributed by atoms with Crippen molar-refractivity contribution in [1.29, 1.82) is 0 Å². The van der Waals surface area contributed by atoms with E-state index in [1.54, 1.807) is 25.4 Å². The van der Waals surface area contributed by atoms with Gasteiger partial charge >= 0.3 is 0 Å². The molecular weight excluding hydrogens is 302 g/mol. The van der Waals surface area contributed by atoms with Crippen molar-refractivity contribution in [3.63, 3.8) is 0 Å². The lowest BCUT2D eigenvalue weighted by molar-refractivity contribution is -0.161. The second-order valence-corrected chi connectivity index (χ2v) is 7.38. The Hall–Kier alpha value is -1.02. The van der Waals surface area contributed by atoms with E-state index in [0.29, 0.717) is 6.61 Å². The molecule has 0 N–H and O–H groups in total. The van der Waals surface area contributed by atoms with E-state index in [1.807, 2.05) is 11.6 Å². The molecule has 0 aromatic carbocycles. The van der Waals surface area contributed by atoms with E-state index in [-0.39, 0.29) is 24.2 Å². The van der Waals surface area contributed by atoms with Crippen LogP contribution in [0.5, 0.6) is 0 Å². The highest BCUT2D eigenvalue weighted by molar-refractivity contribution is 7.09. The molecule has 1 atom stereocenters. The number of carbonyl (C=O) groups excluding carboxylic acids is 1. The Balaban J connectivity index is 1.84. The fraction of sp³-hybridized carbons (Fsp3) is 0.733. The maximum atomic E-state index is 11.5. The molecule has 1 amide bonds. The molecule has 0 bridgehead atoms. The fourth-order valence-electron chi connectivity index (χ4n) is 2.55. The van der Waals surface area contributed by atoms with Crippen LogP contribution in [0.15, 0.2) is 11.6 Å². The van der Waals surface area contributed by atoms with Crippen molar-refractivity contribution < 1.29 is 14.3 Å². The maximum absolute atomic E-state index is 11.5. The number of aromatic nitrogens is 1. The van der Waals surface area contributed by atoms with Crippen molar-refractivity contribution in [2.45, 2.75) is 32.1 Å². The molecule has 2 heterocycles. The van der Waals surface area contributed by atoms with Gasteiger partial charge in [0.2, 0.25) is 5.91 Å². The van der Waals surface area contributed by atoms with Gasteiger partial charge in [-0.25, -0.2) is 4.98 Å². The number of amides is 1.